The van der Waals surface area contributed by atoms with E-state index in [9.17, 15) is 4.79 Å². The topological polar surface area (TPSA) is 67.6 Å². The summed E-state index contributed by atoms with van der Waals surface area (Å²) in [6, 6.07) is 0.310. The lowest BCUT2D eigenvalue weighted by molar-refractivity contribution is 0.0954. The van der Waals surface area contributed by atoms with Crippen molar-refractivity contribution in [1.82, 2.24) is 10.2 Å². The molecule has 1 amide bonds. The van der Waals surface area contributed by atoms with Crippen LogP contribution >= 0.6 is 0 Å². The largest absolute Gasteiger partial charge is 0.453 e. The fourth-order valence-corrected chi connectivity index (χ4v) is 1.92. The van der Waals surface area contributed by atoms with Crippen molar-refractivity contribution in [1.29, 1.82) is 0 Å². The first-order chi connectivity index (χ1) is 7.29. The molecule has 0 spiro atoms. The molecule has 1 saturated heterocycles. The summed E-state index contributed by atoms with van der Waals surface area (Å²) in [7, 11) is 1.43. The molecule has 0 aromatic rings. The van der Waals surface area contributed by atoms with Gasteiger partial charge < -0.3 is 20.7 Å². The van der Waals surface area contributed by atoms with Crippen LogP contribution in [0.5, 0.6) is 0 Å². The Morgan fingerprint density at radius 3 is 2.73 bits per heavy atom. The number of hydrogen-bond donors (Lipinski definition) is 2. The molecule has 0 radical (unpaired) electrons. The summed E-state index contributed by atoms with van der Waals surface area (Å²) in [5, 5.41) is 3.28. The molecule has 0 saturated carbocycles. The van der Waals surface area contributed by atoms with E-state index in [2.05, 4.69) is 5.32 Å². The first-order valence-electron chi connectivity index (χ1n) is 5.55. The molecule has 1 heterocycles. The van der Waals surface area contributed by atoms with Crippen molar-refractivity contribution >= 4 is 6.09 Å². The van der Waals surface area contributed by atoms with Gasteiger partial charge in [0.2, 0.25) is 0 Å². The molecule has 0 aromatic heterocycles. The van der Waals surface area contributed by atoms with Crippen molar-refractivity contribution in [2.24, 2.45) is 5.73 Å². The zero-order valence-electron chi connectivity index (χ0n) is 9.37. The van der Waals surface area contributed by atoms with Gasteiger partial charge in [-0.05, 0) is 38.9 Å². The van der Waals surface area contributed by atoms with Gasteiger partial charge in [0.1, 0.15) is 0 Å². The molecule has 0 aromatic carbocycles. The standard InChI is InChI=1S/C10H21N3O2/c1-15-10(14)13(8-2-5-11)9-3-6-12-7-4-9/h9,12H,2-8,11H2,1H3. The lowest BCUT2D eigenvalue weighted by Gasteiger charge is -2.33. The highest BCUT2D eigenvalue weighted by atomic mass is 16.5. The maximum Gasteiger partial charge on any atom is 0.409 e. The fraction of sp³-hybridized carbons (Fsp3) is 0.900. The quantitative estimate of drug-likeness (QED) is 0.701. The van der Waals surface area contributed by atoms with Crippen molar-refractivity contribution in [3.63, 3.8) is 0 Å². The van der Waals surface area contributed by atoms with Crippen LogP contribution in [-0.2, 0) is 4.74 Å². The normalized spacial score (nSPS) is 17.5. The number of carbonyl (C=O) groups is 1. The molecule has 5 heteroatoms. The maximum atomic E-state index is 11.6. The number of ether oxygens (including phenoxy) is 1. The van der Waals surface area contributed by atoms with Crippen LogP contribution in [0.25, 0.3) is 0 Å². The molecule has 0 bridgehead atoms. The van der Waals surface area contributed by atoms with Crippen LogP contribution < -0.4 is 11.1 Å². The minimum absolute atomic E-state index is 0.227. The number of nitrogens with zero attached hydrogens (tertiary/aromatic N) is 1. The third kappa shape index (κ3) is 3.68. The average Bonchev–Trinajstić information content (AvgIpc) is 2.30. The van der Waals surface area contributed by atoms with Gasteiger partial charge in [0.15, 0.2) is 0 Å². The van der Waals surface area contributed by atoms with Crippen LogP contribution in [0.4, 0.5) is 4.79 Å². The van der Waals surface area contributed by atoms with Gasteiger partial charge in [0.25, 0.3) is 0 Å². The second-order valence-corrected chi connectivity index (χ2v) is 3.79. The van der Waals surface area contributed by atoms with E-state index in [0.29, 0.717) is 19.1 Å². The Labute approximate surface area is 90.9 Å². The SMILES string of the molecule is COC(=O)N(CCCN)C1CCNCC1. The summed E-state index contributed by atoms with van der Waals surface area (Å²) in [6.45, 7) is 3.26. The summed E-state index contributed by atoms with van der Waals surface area (Å²) < 4.78 is 4.79. The van der Waals surface area contributed by atoms with E-state index in [1.165, 1.54) is 7.11 Å². The summed E-state index contributed by atoms with van der Waals surface area (Å²) in [6.07, 6.45) is 2.61. The number of nitrogens with one attached hydrogen (secondary N) is 1. The van der Waals surface area contributed by atoms with Crippen molar-refractivity contribution < 1.29 is 9.53 Å². The highest BCUT2D eigenvalue weighted by Crippen LogP contribution is 2.13. The van der Waals surface area contributed by atoms with Gasteiger partial charge in [0.05, 0.1) is 7.11 Å². The third-order valence-corrected chi connectivity index (χ3v) is 2.76. The Morgan fingerprint density at radius 1 is 1.53 bits per heavy atom. The molecule has 1 fully saturated rings. The maximum absolute atomic E-state index is 11.6. The predicted octanol–water partition coefficient (Wildman–Crippen LogP) is 0.156. The molecule has 0 aliphatic carbocycles. The van der Waals surface area contributed by atoms with Crippen LogP contribution in [0.2, 0.25) is 0 Å². The van der Waals surface area contributed by atoms with Gasteiger partial charge in [0, 0.05) is 12.6 Å². The van der Waals surface area contributed by atoms with Crippen LogP contribution in [0.15, 0.2) is 0 Å². The van der Waals surface area contributed by atoms with Crippen molar-refractivity contribution in [2.75, 3.05) is 33.3 Å². The van der Waals surface area contributed by atoms with E-state index in [-0.39, 0.29) is 6.09 Å². The lowest BCUT2D eigenvalue weighted by atomic mass is 10.1. The second-order valence-electron chi connectivity index (χ2n) is 3.79. The zero-order valence-corrected chi connectivity index (χ0v) is 9.37. The van der Waals surface area contributed by atoms with Crippen LogP contribution in [-0.4, -0.2) is 50.3 Å². The van der Waals surface area contributed by atoms with E-state index in [1.54, 1.807) is 0 Å². The number of hydrogen-bond acceptors (Lipinski definition) is 4. The number of nitrogens with two attached hydrogens (primary N) is 1. The average molecular weight is 215 g/mol. The van der Waals surface area contributed by atoms with Gasteiger partial charge in [-0.25, -0.2) is 4.79 Å². The molecule has 0 atom stereocenters. The fourth-order valence-electron chi connectivity index (χ4n) is 1.92. The number of amides is 1. The lowest BCUT2D eigenvalue weighted by Crippen LogP contribution is -2.46. The Bertz CT molecular complexity index is 193. The van der Waals surface area contributed by atoms with E-state index >= 15 is 0 Å². The second kappa shape index (κ2) is 6.63. The molecule has 15 heavy (non-hydrogen) atoms. The van der Waals surface area contributed by atoms with Crippen molar-refractivity contribution in [3.8, 4) is 0 Å². The Balaban J connectivity index is 2.49. The number of methoxy groups -OCH3 is 1. The van der Waals surface area contributed by atoms with Gasteiger partial charge in [-0.3, -0.25) is 0 Å². The number of rotatable bonds is 4. The molecular weight excluding hydrogens is 194 g/mol. The summed E-state index contributed by atoms with van der Waals surface area (Å²) in [5.74, 6) is 0. The van der Waals surface area contributed by atoms with Crippen molar-refractivity contribution in [3.05, 3.63) is 0 Å². The van der Waals surface area contributed by atoms with E-state index in [1.807, 2.05) is 4.90 Å². The van der Waals surface area contributed by atoms with E-state index in [0.717, 1.165) is 32.4 Å². The third-order valence-electron chi connectivity index (χ3n) is 2.76. The molecular formula is C10H21N3O2. The minimum Gasteiger partial charge on any atom is -0.453 e. The van der Waals surface area contributed by atoms with Crippen LogP contribution in [0, 0.1) is 0 Å². The van der Waals surface area contributed by atoms with Crippen molar-refractivity contribution in [2.45, 2.75) is 25.3 Å². The monoisotopic (exact) mass is 215 g/mol. The molecule has 1 rings (SSSR count). The molecule has 1 aliphatic heterocycles. The molecule has 3 N–H and O–H groups in total. The van der Waals surface area contributed by atoms with Gasteiger partial charge in [-0.2, -0.15) is 0 Å². The Hall–Kier alpha value is -0.810. The predicted molar refractivity (Wildman–Crippen MR) is 58.7 cm³/mol. The highest BCUT2D eigenvalue weighted by molar-refractivity contribution is 5.67. The molecule has 5 nitrogen and oxygen atoms in total. The Morgan fingerprint density at radius 2 is 2.20 bits per heavy atom. The highest BCUT2D eigenvalue weighted by Gasteiger charge is 2.25. The zero-order chi connectivity index (χ0) is 11.1. The van der Waals surface area contributed by atoms with Crippen LogP contribution in [0.3, 0.4) is 0 Å². The molecule has 88 valence electrons. The smallest absolute Gasteiger partial charge is 0.409 e. The summed E-state index contributed by atoms with van der Waals surface area (Å²) in [5.41, 5.74) is 5.46. The summed E-state index contributed by atoms with van der Waals surface area (Å²) >= 11 is 0. The summed E-state index contributed by atoms with van der Waals surface area (Å²) in [4.78, 5) is 13.4. The minimum atomic E-state index is -0.227. The van der Waals surface area contributed by atoms with E-state index in [4.69, 9.17) is 10.5 Å². The van der Waals surface area contributed by atoms with Gasteiger partial charge >= 0.3 is 6.09 Å². The number of piperidine rings is 1. The first-order valence-corrected chi connectivity index (χ1v) is 5.55. The number of carbonyl (C=O) groups excluding carboxylic acids is 1. The van der Waals surface area contributed by atoms with Gasteiger partial charge in [-0.1, -0.05) is 0 Å². The first kappa shape index (κ1) is 12.3. The van der Waals surface area contributed by atoms with Gasteiger partial charge in [-0.15, -0.1) is 0 Å². The van der Waals surface area contributed by atoms with E-state index < -0.39 is 0 Å². The molecule has 0 unspecified atom stereocenters. The van der Waals surface area contributed by atoms with Crippen LogP contribution in [0.1, 0.15) is 19.3 Å². The molecule has 1 aliphatic rings. The Kier molecular flexibility index (Phi) is 5.42.